The third-order valence-electron chi connectivity index (χ3n) is 2.64. The van der Waals surface area contributed by atoms with Crippen LogP contribution in [0.1, 0.15) is 11.4 Å². The Morgan fingerprint density at radius 3 is 2.61 bits per heavy atom. The van der Waals surface area contributed by atoms with E-state index in [0.717, 1.165) is 35.9 Å². The highest BCUT2D eigenvalue weighted by atomic mass is 35.5. The Morgan fingerprint density at radius 2 is 1.94 bits per heavy atom. The molecule has 2 rings (SSSR count). The van der Waals surface area contributed by atoms with E-state index in [1.165, 1.54) is 0 Å². The molecule has 0 aliphatic rings. The Hall–Kier alpha value is -1.46. The van der Waals surface area contributed by atoms with E-state index in [4.69, 9.17) is 11.6 Å². The predicted octanol–water partition coefficient (Wildman–Crippen LogP) is 1.48. The van der Waals surface area contributed by atoms with E-state index in [-0.39, 0.29) is 0 Å². The average Bonchev–Trinajstić information content (AvgIpc) is 2.77. The molecule has 5 nitrogen and oxygen atoms in total. The Labute approximate surface area is 111 Å². The minimum Gasteiger partial charge on any atom is -0.308 e. The number of hydrogen-bond donors (Lipinski definition) is 0. The van der Waals surface area contributed by atoms with E-state index in [1.807, 2.05) is 43.0 Å². The van der Waals surface area contributed by atoms with Gasteiger partial charge in [0.2, 0.25) is 0 Å². The summed E-state index contributed by atoms with van der Waals surface area (Å²) in [5, 5.41) is 12.5. The van der Waals surface area contributed by atoms with Crippen molar-refractivity contribution < 1.29 is 0 Å². The van der Waals surface area contributed by atoms with Crippen molar-refractivity contribution in [2.45, 2.75) is 13.0 Å². The maximum absolute atomic E-state index is 5.86. The predicted molar refractivity (Wildman–Crippen MR) is 70.6 cm³/mol. The van der Waals surface area contributed by atoms with Crippen LogP contribution in [0.25, 0.3) is 0 Å². The van der Waals surface area contributed by atoms with Crippen LogP contribution in [-0.4, -0.2) is 45.7 Å². The first-order chi connectivity index (χ1) is 8.65. The van der Waals surface area contributed by atoms with Crippen molar-refractivity contribution in [2.24, 2.45) is 0 Å². The van der Waals surface area contributed by atoms with Gasteiger partial charge in [-0.25, -0.2) is 4.68 Å². The van der Waals surface area contributed by atoms with Gasteiger partial charge in [0, 0.05) is 18.0 Å². The molecule has 6 heteroatoms. The van der Waals surface area contributed by atoms with Crippen LogP contribution in [-0.2, 0) is 13.0 Å². The van der Waals surface area contributed by atoms with Crippen molar-refractivity contribution in [1.82, 2.24) is 25.1 Å². The van der Waals surface area contributed by atoms with Gasteiger partial charge in [-0.3, -0.25) is 0 Å². The Morgan fingerprint density at radius 1 is 1.22 bits per heavy atom. The largest absolute Gasteiger partial charge is 0.308 e. The van der Waals surface area contributed by atoms with Crippen molar-refractivity contribution in [1.29, 1.82) is 0 Å². The molecule has 0 amide bonds. The lowest BCUT2D eigenvalue weighted by molar-refractivity contribution is 0.367. The monoisotopic (exact) mass is 265 g/mol. The summed E-state index contributed by atoms with van der Waals surface area (Å²) < 4.78 is 1.84. The zero-order chi connectivity index (χ0) is 13.0. The number of aromatic nitrogens is 4. The van der Waals surface area contributed by atoms with Crippen molar-refractivity contribution in [3.05, 3.63) is 40.7 Å². The van der Waals surface area contributed by atoms with Crippen LogP contribution in [0, 0.1) is 0 Å². The highest BCUT2D eigenvalue weighted by molar-refractivity contribution is 6.30. The summed E-state index contributed by atoms with van der Waals surface area (Å²) >= 11 is 5.86. The lowest BCUT2D eigenvalue weighted by Crippen LogP contribution is -2.20. The van der Waals surface area contributed by atoms with Gasteiger partial charge in [-0.15, -0.1) is 5.10 Å². The zero-order valence-corrected chi connectivity index (χ0v) is 11.3. The molecule has 2 aromatic rings. The molecule has 0 bridgehead atoms. The number of nitrogens with zero attached hydrogens (tertiary/aromatic N) is 5. The van der Waals surface area contributed by atoms with Gasteiger partial charge in [-0.1, -0.05) is 23.7 Å². The van der Waals surface area contributed by atoms with E-state index < -0.39 is 0 Å². The highest BCUT2D eigenvalue weighted by Gasteiger charge is 2.07. The number of benzene rings is 1. The molecule has 0 saturated heterocycles. The number of likely N-dealkylation sites (N-methyl/N-ethyl adjacent to an activating group) is 1. The summed E-state index contributed by atoms with van der Waals surface area (Å²) in [6.45, 7) is 1.71. The van der Waals surface area contributed by atoms with Crippen LogP contribution >= 0.6 is 11.6 Å². The van der Waals surface area contributed by atoms with Gasteiger partial charge < -0.3 is 4.90 Å². The Balaban J connectivity index is 2.05. The van der Waals surface area contributed by atoms with Crippen LogP contribution in [0.15, 0.2) is 24.3 Å². The van der Waals surface area contributed by atoms with E-state index in [0.29, 0.717) is 0 Å². The number of rotatable bonds is 5. The molecule has 0 aliphatic heterocycles. The molecule has 1 heterocycles. The second-order valence-electron chi connectivity index (χ2n) is 4.42. The molecular weight excluding hydrogens is 250 g/mol. The van der Waals surface area contributed by atoms with Crippen molar-refractivity contribution in [3.63, 3.8) is 0 Å². The fraction of sp³-hybridized carbons (Fsp3) is 0.417. The Bertz CT molecular complexity index is 491. The molecule has 0 N–H and O–H groups in total. The van der Waals surface area contributed by atoms with E-state index in [1.54, 1.807) is 0 Å². The lowest BCUT2D eigenvalue weighted by atomic mass is 10.1. The molecular formula is C12H16ClN5. The molecule has 18 heavy (non-hydrogen) atoms. The van der Waals surface area contributed by atoms with Crippen molar-refractivity contribution in [2.75, 3.05) is 20.6 Å². The van der Waals surface area contributed by atoms with E-state index in [9.17, 15) is 0 Å². The van der Waals surface area contributed by atoms with E-state index in [2.05, 4.69) is 20.4 Å². The molecule has 1 aromatic heterocycles. The zero-order valence-electron chi connectivity index (χ0n) is 10.5. The maximum Gasteiger partial charge on any atom is 0.155 e. The van der Waals surface area contributed by atoms with Crippen LogP contribution < -0.4 is 0 Å². The first-order valence-corrected chi connectivity index (χ1v) is 6.17. The SMILES string of the molecule is CN(C)CCn1nnnc1Cc1ccc(Cl)cc1. The number of halogens is 1. The van der Waals surface area contributed by atoms with E-state index >= 15 is 0 Å². The summed E-state index contributed by atoms with van der Waals surface area (Å²) in [6.07, 6.45) is 0.720. The summed E-state index contributed by atoms with van der Waals surface area (Å²) in [6, 6.07) is 7.75. The smallest absolute Gasteiger partial charge is 0.155 e. The first kappa shape index (κ1) is 13.0. The fourth-order valence-corrected chi connectivity index (χ4v) is 1.73. The second kappa shape index (κ2) is 5.93. The Kier molecular flexibility index (Phi) is 4.28. The topological polar surface area (TPSA) is 46.8 Å². The number of hydrogen-bond acceptors (Lipinski definition) is 4. The molecule has 0 aliphatic carbocycles. The van der Waals surface area contributed by atoms with Gasteiger partial charge in [-0.2, -0.15) is 0 Å². The van der Waals surface area contributed by atoms with Crippen LogP contribution in [0.2, 0.25) is 5.02 Å². The molecule has 0 radical (unpaired) electrons. The van der Waals surface area contributed by atoms with Crippen LogP contribution in [0.3, 0.4) is 0 Å². The molecule has 0 saturated carbocycles. The molecule has 1 aromatic carbocycles. The minimum atomic E-state index is 0.720. The average molecular weight is 266 g/mol. The van der Waals surface area contributed by atoms with Crippen LogP contribution in [0.5, 0.6) is 0 Å². The van der Waals surface area contributed by atoms with Gasteiger partial charge in [0.25, 0.3) is 0 Å². The lowest BCUT2D eigenvalue weighted by Gasteiger charge is -2.10. The molecule has 0 spiro atoms. The van der Waals surface area contributed by atoms with Gasteiger partial charge in [0.05, 0.1) is 6.54 Å². The summed E-state index contributed by atoms with van der Waals surface area (Å²) in [5.41, 5.74) is 1.15. The molecule has 96 valence electrons. The minimum absolute atomic E-state index is 0.720. The standard InChI is InChI=1S/C12H16ClN5/c1-17(2)7-8-18-12(14-15-16-18)9-10-3-5-11(13)6-4-10/h3-6H,7-9H2,1-2H3. The normalized spacial score (nSPS) is 11.1. The van der Waals surface area contributed by atoms with Gasteiger partial charge >= 0.3 is 0 Å². The number of tetrazole rings is 1. The second-order valence-corrected chi connectivity index (χ2v) is 4.86. The highest BCUT2D eigenvalue weighted by Crippen LogP contribution is 2.12. The quantitative estimate of drug-likeness (QED) is 0.822. The fourth-order valence-electron chi connectivity index (χ4n) is 1.60. The van der Waals surface area contributed by atoms with Gasteiger partial charge in [0.15, 0.2) is 5.82 Å². The van der Waals surface area contributed by atoms with Gasteiger partial charge in [-0.05, 0) is 42.2 Å². The summed E-state index contributed by atoms with van der Waals surface area (Å²) in [5.74, 6) is 0.874. The van der Waals surface area contributed by atoms with Crippen LogP contribution in [0.4, 0.5) is 0 Å². The molecule has 0 atom stereocenters. The third kappa shape index (κ3) is 3.51. The van der Waals surface area contributed by atoms with Crippen molar-refractivity contribution >= 4 is 11.6 Å². The summed E-state index contributed by atoms with van der Waals surface area (Å²) in [7, 11) is 4.06. The molecule has 0 unspecified atom stereocenters. The maximum atomic E-state index is 5.86. The molecule has 0 fully saturated rings. The first-order valence-electron chi connectivity index (χ1n) is 5.79. The third-order valence-corrected chi connectivity index (χ3v) is 2.89. The summed E-state index contributed by atoms with van der Waals surface area (Å²) in [4.78, 5) is 2.10. The van der Waals surface area contributed by atoms with Crippen molar-refractivity contribution in [3.8, 4) is 0 Å². The van der Waals surface area contributed by atoms with Gasteiger partial charge in [0.1, 0.15) is 0 Å².